The van der Waals surface area contributed by atoms with Gasteiger partial charge in [-0.05, 0) is 36.4 Å². The van der Waals surface area contributed by atoms with E-state index in [4.69, 9.17) is 4.74 Å². The zero-order chi connectivity index (χ0) is 15.1. The van der Waals surface area contributed by atoms with Crippen molar-refractivity contribution in [2.75, 3.05) is 23.8 Å². The fourth-order valence-corrected chi connectivity index (χ4v) is 1.80. The predicted octanol–water partition coefficient (Wildman–Crippen LogP) is 3.28. The second-order valence-electron chi connectivity index (χ2n) is 4.46. The number of nitrogens with one attached hydrogen (secondary N) is 2. The Morgan fingerprint density at radius 2 is 1.86 bits per heavy atom. The number of carbonyl (C=O) groups excluding carboxylic acids is 1. The lowest BCUT2D eigenvalue weighted by Gasteiger charge is -2.10. The Morgan fingerprint density at radius 1 is 1.14 bits per heavy atom. The number of halogens is 1. The molecule has 0 aliphatic rings. The summed E-state index contributed by atoms with van der Waals surface area (Å²) in [5.74, 6) is 0.300. The Hall–Kier alpha value is -2.56. The van der Waals surface area contributed by atoms with Crippen LogP contribution in [0.4, 0.5) is 15.8 Å². The number of amides is 1. The summed E-state index contributed by atoms with van der Waals surface area (Å²) in [6, 6.07) is 13.6. The number of hydrogen-bond donors (Lipinski definition) is 2. The lowest BCUT2D eigenvalue weighted by Crippen LogP contribution is -2.12. The molecule has 0 atom stereocenters. The van der Waals surface area contributed by atoms with Gasteiger partial charge in [-0.1, -0.05) is 12.1 Å². The molecule has 5 heteroatoms. The van der Waals surface area contributed by atoms with E-state index in [1.165, 1.54) is 13.0 Å². The van der Waals surface area contributed by atoms with E-state index in [-0.39, 0.29) is 11.7 Å². The molecular weight excluding hydrogens is 271 g/mol. The molecule has 2 aromatic carbocycles. The number of rotatable bonds is 6. The van der Waals surface area contributed by atoms with Crippen LogP contribution in [0, 0.1) is 5.82 Å². The Morgan fingerprint density at radius 3 is 2.52 bits per heavy atom. The SMILES string of the molecule is CC(=O)Nc1ccc(OCCNc2ccccc2F)cc1. The third kappa shape index (κ3) is 4.80. The molecule has 4 nitrogen and oxygen atoms in total. The topological polar surface area (TPSA) is 50.4 Å². The highest BCUT2D eigenvalue weighted by Crippen LogP contribution is 2.16. The molecule has 2 aromatic rings. The average Bonchev–Trinajstić information content (AvgIpc) is 2.46. The molecule has 2 rings (SSSR count). The first-order chi connectivity index (χ1) is 10.1. The van der Waals surface area contributed by atoms with Crippen molar-refractivity contribution >= 4 is 17.3 Å². The summed E-state index contributed by atoms with van der Waals surface area (Å²) in [5, 5.41) is 5.64. The molecule has 0 aliphatic carbocycles. The minimum absolute atomic E-state index is 0.113. The quantitative estimate of drug-likeness (QED) is 0.802. The van der Waals surface area contributed by atoms with E-state index in [1.54, 1.807) is 42.5 Å². The number of ether oxygens (including phenoxy) is 1. The van der Waals surface area contributed by atoms with Crippen LogP contribution >= 0.6 is 0 Å². The van der Waals surface area contributed by atoms with E-state index in [9.17, 15) is 9.18 Å². The van der Waals surface area contributed by atoms with E-state index in [0.717, 1.165) is 5.69 Å². The van der Waals surface area contributed by atoms with Crippen LogP contribution in [0.15, 0.2) is 48.5 Å². The molecule has 0 spiro atoms. The zero-order valence-corrected chi connectivity index (χ0v) is 11.7. The molecule has 0 bridgehead atoms. The highest BCUT2D eigenvalue weighted by molar-refractivity contribution is 5.88. The Labute approximate surface area is 122 Å². The van der Waals surface area contributed by atoms with Crippen molar-refractivity contribution in [1.82, 2.24) is 0 Å². The zero-order valence-electron chi connectivity index (χ0n) is 11.7. The summed E-state index contributed by atoms with van der Waals surface area (Å²) in [5.41, 5.74) is 1.18. The molecule has 0 heterocycles. The molecule has 0 saturated carbocycles. The fraction of sp³-hybridized carbons (Fsp3) is 0.188. The summed E-state index contributed by atoms with van der Waals surface area (Å²) in [6.07, 6.45) is 0. The maximum atomic E-state index is 13.4. The molecular formula is C16H17FN2O2. The lowest BCUT2D eigenvalue weighted by atomic mass is 10.3. The number of para-hydroxylation sites is 1. The summed E-state index contributed by atoms with van der Waals surface area (Å²) in [4.78, 5) is 10.9. The van der Waals surface area contributed by atoms with Gasteiger partial charge in [-0.25, -0.2) is 4.39 Å². The van der Waals surface area contributed by atoms with Gasteiger partial charge in [0, 0.05) is 19.2 Å². The number of benzene rings is 2. The minimum Gasteiger partial charge on any atom is -0.492 e. The fourth-order valence-electron chi connectivity index (χ4n) is 1.80. The first-order valence-electron chi connectivity index (χ1n) is 6.64. The lowest BCUT2D eigenvalue weighted by molar-refractivity contribution is -0.114. The van der Waals surface area contributed by atoms with Crippen LogP contribution in [-0.2, 0) is 4.79 Å². The van der Waals surface area contributed by atoms with E-state index in [2.05, 4.69) is 10.6 Å². The van der Waals surface area contributed by atoms with Crippen molar-refractivity contribution in [3.8, 4) is 5.75 Å². The second-order valence-corrected chi connectivity index (χ2v) is 4.46. The molecule has 110 valence electrons. The van der Waals surface area contributed by atoms with Gasteiger partial charge in [-0.2, -0.15) is 0 Å². The Kier molecular flexibility index (Phi) is 5.15. The number of anilines is 2. The van der Waals surface area contributed by atoms with Crippen LogP contribution in [0.3, 0.4) is 0 Å². The molecule has 1 amide bonds. The molecule has 0 aromatic heterocycles. The predicted molar refractivity (Wildman–Crippen MR) is 81.1 cm³/mol. The first-order valence-corrected chi connectivity index (χ1v) is 6.64. The summed E-state index contributed by atoms with van der Waals surface area (Å²) >= 11 is 0. The largest absolute Gasteiger partial charge is 0.492 e. The first kappa shape index (κ1) is 14.8. The van der Waals surface area contributed by atoms with Crippen LogP contribution in [-0.4, -0.2) is 19.1 Å². The van der Waals surface area contributed by atoms with Gasteiger partial charge < -0.3 is 15.4 Å². The Bertz CT molecular complexity index is 599. The van der Waals surface area contributed by atoms with Crippen LogP contribution in [0.1, 0.15) is 6.92 Å². The molecule has 0 unspecified atom stereocenters. The minimum atomic E-state index is -0.280. The van der Waals surface area contributed by atoms with Crippen LogP contribution < -0.4 is 15.4 Å². The van der Waals surface area contributed by atoms with E-state index in [0.29, 0.717) is 24.6 Å². The maximum absolute atomic E-state index is 13.4. The van der Waals surface area contributed by atoms with Crippen LogP contribution in [0.2, 0.25) is 0 Å². The summed E-state index contributed by atoms with van der Waals surface area (Å²) in [6.45, 7) is 2.36. The molecule has 21 heavy (non-hydrogen) atoms. The van der Waals surface area contributed by atoms with Crippen molar-refractivity contribution < 1.29 is 13.9 Å². The van der Waals surface area contributed by atoms with Gasteiger partial charge in [-0.15, -0.1) is 0 Å². The van der Waals surface area contributed by atoms with Gasteiger partial charge in [0.05, 0.1) is 5.69 Å². The second kappa shape index (κ2) is 7.28. The molecule has 0 radical (unpaired) electrons. The van der Waals surface area contributed by atoms with Gasteiger partial charge in [0.2, 0.25) is 5.91 Å². The highest BCUT2D eigenvalue weighted by Gasteiger charge is 2.00. The average molecular weight is 288 g/mol. The summed E-state index contributed by atoms with van der Waals surface area (Å²) in [7, 11) is 0. The maximum Gasteiger partial charge on any atom is 0.221 e. The van der Waals surface area contributed by atoms with E-state index in [1.807, 2.05) is 0 Å². The third-order valence-electron chi connectivity index (χ3n) is 2.73. The number of hydrogen-bond acceptors (Lipinski definition) is 3. The highest BCUT2D eigenvalue weighted by atomic mass is 19.1. The Balaban J connectivity index is 1.76. The standard InChI is InChI=1S/C16H17FN2O2/c1-12(20)19-13-6-8-14(9-7-13)21-11-10-18-16-5-3-2-4-15(16)17/h2-9,18H,10-11H2,1H3,(H,19,20). The van der Waals surface area contributed by atoms with Crippen molar-refractivity contribution in [3.63, 3.8) is 0 Å². The van der Waals surface area contributed by atoms with Gasteiger partial charge in [-0.3, -0.25) is 4.79 Å². The molecule has 0 saturated heterocycles. The number of carbonyl (C=O) groups is 1. The van der Waals surface area contributed by atoms with Gasteiger partial charge in [0.15, 0.2) is 0 Å². The van der Waals surface area contributed by atoms with Gasteiger partial charge in [0.25, 0.3) is 0 Å². The van der Waals surface area contributed by atoms with E-state index >= 15 is 0 Å². The molecule has 0 fully saturated rings. The normalized spacial score (nSPS) is 10.0. The third-order valence-corrected chi connectivity index (χ3v) is 2.73. The van der Waals surface area contributed by atoms with Crippen molar-refractivity contribution in [3.05, 3.63) is 54.3 Å². The van der Waals surface area contributed by atoms with Crippen LogP contribution in [0.25, 0.3) is 0 Å². The van der Waals surface area contributed by atoms with Crippen LogP contribution in [0.5, 0.6) is 5.75 Å². The van der Waals surface area contributed by atoms with E-state index < -0.39 is 0 Å². The summed E-state index contributed by atoms with van der Waals surface area (Å²) < 4.78 is 18.9. The molecule has 2 N–H and O–H groups in total. The monoisotopic (exact) mass is 288 g/mol. The van der Waals surface area contributed by atoms with Crippen molar-refractivity contribution in [2.45, 2.75) is 6.92 Å². The van der Waals surface area contributed by atoms with Crippen molar-refractivity contribution in [2.24, 2.45) is 0 Å². The van der Waals surface area contributed by atoms with Gasteiger partial charge >= 0.3 is 0 Å². The smallest absolute Gasteiger partial charge is 0.221 e. The van der Waals surface area contributed by atoms with Crippen molar-refractivity contribution in [1.29, 1.82) is 0 Å². The van der Waals surface area contributed by atoms with Gasteiger partial charge in [0.1, 0.15) is 18.2 Å². The molecule has 0 aliphatic heterocycles.